The Morgan fingerprint density at radius 1 is 1.00 bits per heavy atom. The summed E-state index contributed by atoms with van der Waals surface area (Å²) in [7, 11) is 1.41. The molecule has 0 bridgehead atoms. The Morgan fingerprint density at radius 2 is 1.69 bits per heavy atom. The number of nitrogens with one attached hydrogen (secondary N) is 1. The van der Waals surface area contributed by atoms with E-state index in [1.54, 1.807) is 0 Å². The topological polar surface area (TPSA) is 128 Å². The minimum absolute atomic E-state index is 0.00257. The Morgan fingerprint density at radius 3 is 2.36 bits per heavy atom. The molecule has 11 heteroatoms. The van der Waals surface area contributed by atoms with Gasteiger partial charge in [0, 0.05) is 16.5 Å². The van der Waals surface area contributed by atoms with Gasteiger partial charge in [-0.05, 0) is 12.1 Å². The highest BCUT2D eigenvalue weighted by molar-refractivity contribution is 7.12. The van der Waals surface area contributed by atoms with Gasteiger partial charge in [0.15, 0.2) is 11.4 Å². The number of methoxy groups -OCH3 is 1. The van der Waals surface area contributed by atoms with Crippen molar-refractivity contribution in [1.82, 2.24) is 14.8 Å². The zero-order chi connectivity index (χ0) is 25.1. The van der Waals surface area contributed by atoms with Crippen LogP contribution in [0.2, 0.25) is 0 Å². The van der Waals surface area contributed by atoms with E-state index >= 15 is 0 Å². The van der Waals surface area contributed by atoms with Crippen molar-refractivity contribution in [2.75, 3.05) is 7.11 Å². The monoisotopic (exact) mass is 498 g/mol. The van der Waals surface area contributed by atoms with Crippen LogP contribution in [0.3, 0.4) is 0 Å². The van der Waals surface area contributed by atoms with Crippen molar-refractivity contribution in [1.29, 1.82) is 0 Å². The van der Waals surface area contributed by atoms with Gasteiger partial charge in [0.2, 0.25) is 5.13 Å². The van der Waals surface area contributed by atoms with Crippen LogP contribution >= 0.6 is 11.3 Å². The van der Waals surface area contributed by atoms with Crippen molar-refractivity contribution in [3.05, 3.63) is 105 Å². The number of nitro benzene ring substituents is 1. The summed E-state index contributed by atoms with van der Waals surface area (Å²) >= 11 is 1.30. The molecular weight excluding hydrogens is 480 g/mol. The molecule has 0 aliphatic heterocycles. The van der Waals surface area contributed by atoms with Crippen molar-refractivity contribution in [3.8, 4) is 33.4 Å². The number of benzene rings is 3. The molecule has 5 aromatic rings. The molecule has 0 aliphatic carbocycles. The first-order valence-corrected chi connectivity index (χ1v) is 11.6. The Kier molecular flexibility index (Phi) is 6.20. The molecule has 2 heterocycles. The number of ether oxygens (including phenoxy) is 1. The zero-order valence-electron chi connectivity index (χ0n) is 18.9. The third-order valence-corrected chi connectivity index (χ3v) is 6.14. The average Bonchev–Trinajstić information content (AvgIpc) is 3.53. The molecule has 0 aliphatic rings. The van der Waals surface area contributed by atoms with Gasteiger partial charge in [-0.25, -0.2) is 4.98 Å². The SMILES string of the molecule is COc1ccc(N=Nc2c(-c3ccccc3)[nH]n(-c3nc(-c4ccccc4)cs3)c2=O)c([N+](=O)[O-])c1. The minimum Gasteiger partial charge on any atom is -0.496 e. The lowest BCUT2D eigenvalue weighted by molar-refractivity contribution is -0.384. The first kappa shape index (κ1) is 22.9. The van der Waals surface area contributed by atoms with Gasteiger partial charge in [0.1, 0.15) is 5.75 Å². The zero-order valence-corrected chi connectivity index (χ0v) is 19.7. The second-order valence-electron chi connectivity index (χ2n) is 7.54. The number of hydrogen-bond donors (Lipinski definition) is 1. The lowest BCUT2D eigenvalue weighted by Crippen LogP contribution is -2.13. The van der Waals surface area contributed by atoms with Crippen LogP contribution < -0.4 is 10.3 Å². The van der Waals surface area contributed by atoms with Gasteiger partial charge in [-0.15, -0.1) is 21.6 Å². The van der Waals surface area contributed by atoms with Gasteiger partial charge in [-0.2, -0.15) is 4.68 Å². The third-order valence-electron chi connectivity index (χ3n) is 5.32. The van der Waals surface area contributed by atoms with Crippen LogP contribution in [0.15, 0.2) is 99.3 Å². The smallest absolute Gasteiger partial charge is 0.301 e. The molecule has 1 N–H and O–H groups in total. The molecule has 3 aromatic carbocycles. The van der Waals surface area contributed by atoms with Gasteiger partial charge in [0.25, 0.3) is 5.69 Å². The van der Waals surface area contributed by atoms with E-state index in [0.717, 1.165) is 11.3 Å². The summed E-state index contributed by atoms with van der Waals surface area (Å²) in [4.78, 5) is 29.0. The number of azo groups is 1. The van der Waals surface area contributed by atoms with Crippen molar-refractivity contribution in [2.24, 2.45) is 10.2 Å². The van der Waals surface area contributed by atoms with Gasteiger partial charge < -0.3 is 4.74 Å². The van der Waals surface area contributed by atoms with E-state index in [-0.39, 0.29) is 17.1 Å². The van der Waals surface area contributed by atoms with Crippen LogP contribution in [0.1, 0.15) is 0 Å². The lowest BCUT2D eigenvalue weighted by atomic mass is 10.1. The largest absolute Gasteiger partial charge is 0.496 e. The Bertz CT molecular complexity index is 1620. The van der Waals surface area contributed by atoms with E-state index in [1.165, 1.54) is 41.3 Å². The van der Waals surface area contributed by atoms with Crippen LogP contribution in [0, 0.1) is 10.1 Å². The van der Waals surface area contributed by atoms with E-state index in [4.69, 9.17) is 4.74 Å². The summed E-state index contributed by atoms with van der Waals surface area (Å²) in [6.07, 6.45) is 0. The van der Waals surface area contributed by atoms with E-state index in [1.807, 2.05) is 66.0 Å². The predicted molar refractivity (Wildman–Crippen MR) is 137 cm³/mol. The van der Waals surface area contributed by atoms with Crippen LogP contribution in [0.4, 0.5) is 17.1 Å². The van der Waals surface area contributed by atoms with Crippen molar-refractivity contribution < 1.29 is 9.66 Å². The summed E-state index contributed by atoms with van der Waals surface area (Å²) in [6, 6.07) is 23.0. The maximum atomic E-state index is 13.4. The van der Waals surface area contributed by atoms with Gasteiger partial charge in [-0.3, -0.25) is 20.0 Å². The summed E-state index contributed by atoms with van der Waals surface area (Å²) in [5, 5.41) is 25.1. The minimum atomic E-state index is -0.578. The van der Waals surface area contributed by atoms with Gasteiger partial charge >= 0.3 is 5.56 Å². The third kappa shape index (κ3) is 4.42. The number of nitrogens with zero attached hydrogens (tertiary/aromatic N) is 5. The highest BCUT2D eigenvalue weighted by atomic mass is 32.1. The van der Waals surface area contributed by atoms with E-state index in [2.05, 4.69) is 20.3 Å². The number of nitro groups is 1. The standard InChI is InChI=1S/C25H18N6O4S/c1-35-18-12-13-19(21(14-18)31(33)34)27-28-23-22(17-10-6-3-7-11-17)29-30(24(23)32)25-26-20(15-36-25)16-8-4-2-5-9-16/h2-15,29H,1H3. The molecular formula is C25H18N6O4S. The Balaban J connectivity index is 1.61. The number of aromatic amines is 1. The number of aromatic nitrogens is 3. The molecule has 0 amide bonds. The molecule has 0 spiro atoms. The molecule has 0 unspecified atom stereocenters. The summed E-state index contributed by atoms with van der Waals surface area (Å²) in [5.74, 6) is 0.313. The first-order valence-electron chi connectivity index (χ1n) is 10.7. The molecule has 5 rings (SSSR count). The van der Waals surface area contributed by atoms with Crippen LogP contribution in [-0.2, 0) is 0 Å². The van der Waals surface area contributed by atoms with Crippen molar-refractivity contribution in [2.45, 2.75) is 0 Å². The number of H-pyrrole nitrogens is 1. The highest BCUT2D eigenvalue weighted by Gasteiger charge is 2.20. The van der Waals surface area contributed by atoms with Crippen molar-refractivity contribution >= 4 is 28.4 Å². The molecule has 0 saturated carbocycles. The highest BCUT2D eigenvalue weighted by Crippen LogP contribution is 2.34. The van der Waals surface area contributed by atoms with E-state index < -0.39 is 10.5 Å². The summed E-state index contributed by atoms with van der Waals surface area (Å²) in [6.45, 7) is 0. The molecule has 2 aromatic heterocycles. The fraction of sp³-hybridized carbons (Fsp3) is 0.0400. The average molecular weight is 499 g/mol. The summed E-state index contributed by atoms with van der Waals surface area (Å²) < 4.78 is 6.37. The van der Waals surface area contributed by atoms with E-state index in [9.17, 15) is 14.9 Å². The lowest BCUT2D eigenvalue weighted by Gasteiger charge is -2.01. The second-order valence-corrected chi connectivity index (χ2v) is 8.37. The van der Waals surface area contributed by atoms with Crippen molar-refractivity contribution in [3.63, 3.8) is 0 Å². The quantitative estimate of drug-likeness (QED) is 0.160. The normalized spacial score (nSPS) is 11.1. The van der Waals surface area contributed by atoms with E-state index in [0.29, 0.717) is 22.1 Å². The molecule has 0 saturated heterocycles. The summed E-state index contributed by atoms with van der Waals surface area (Å²) in [5.41, 5.74) is 1.99. The Hall–Kier alpha value is -4.90. The number of hydrogen-bond acceptors (Lipinski definition) is 8. The molecule has 0 atom stereocenters. The second kappa shape index (κ2) is 9.76. The first-order chi connectivity index (χ1) is 17.5. The molecule has 178 valence electrons. The van der Waals surface area contributed by atoms with Crippen LogP contribution in [0.5, 0.6) is 5.75 Å². The fourth-order valence-electron chi connectivity index (χ4n) is 3.54. The van der Waals surface area contributed by atoms with Crippen LogP contribution in [-0.4, -0.2) is 26.8 Å². The Labute approximate surface area is 208 Å². The van der Waals surface area contributed by atoms with Gasteiger partial charge in [0.05, 0.1) is 29.5 Å². The molecule has 0 fully saturated rings. The maximum absolute atomic E-state index is 13.4. The number of thiazole rings is 1. The fourth-order valence-corrected chi connectivity index (χ4v) is 4.33. The maximum Gasteiger partial charge on any atom is 0.301 e. The molecule has 36 heavy (non-hydrogen) atoms. The van der Waals surface area contributed by atoms with Crippen LogP contribution in [0.25, 0.3) is 27.6 Å². The predicted octanol–water partition coefficient (Wildman–Crippen LogP) is 6.29. The molecule has 0 radical (unpaired) electrons. The number of rotatable bonds is 7. The van der Waals surface area contributed by atoms with Gasteiger partial charge in [-0.1, -0.05) is 60.7 Å². The molecule has 10 nitrogen and oxygen atoms in total.